The molecular formula is C22H22N2O2S2. The third-order valence-corrected chi connectivity index (χ3v) is 5.96. The number of aliphatic hydroxyl groups is 1. The van der Waals surface area contributed by atoms with Crippen molar-refractivity contribution in [1.29, 1.82) is 0 Å². The van der Waals surface area contributed by atoms with Crippen molar-refractivity contribution >= 4 is 35.1 Å². The predicted molar refractivity (Wildman–Crippen MR) is 118 cm³/mol. The normalized spacial score (nSPS) is 11.8. The maximum atomic E-state index is 12.2. The highest BCUT2D eigenvalue weighted by atomic mass is 32.2. The molecule has 6 heteroatoms. The number of hydrogen-bond donors (Lipinski definition) is 2. The second-order valence-corrected chi connectivity index (χ2v) is 8.17. The number of nitrogens with one attached hydrogen (secondary N) is 1. The lowest BCUT2D eigenvalue weighted by atomic mass is 10.1. The number of benzene rings is 2. The fourth-order valence-corrected chi connectivity index (χ4v) is 4.16. The van der Waals surface area contributed by atoms with Crippen molar-refractivity contribution in [2.45, 2.75) is 16.9 Å². The lowest BCUT2D eigenvalue weighted by Gasteiger charge is -2.11. The topological polar surface area (TPSA) is 62.2 Å². The molecule has 144 valence electrons. The molecule has 1 aromatic heterocycles. The summed E-state index contributed by atoms with van der Waals surface area (Å²) in [5, 5.41) is 14.1. The summed E-state index contributed by atoms with van der Waals surface area (Å²) in [7, 11) is 0. The van der Waals surface area contributed by atoms with Gasteiger partial charge in [-0.3, -0.25) is 4.79 Å². The lowest BCUT2D eigenvalue weighted by Crippen LogP contribution is -2.15. The van der Waals surface area contributed by atoms with Crippen LogP contribution in [0.4, 0.5) is 5.69 Å². The number of anilines is 1. The van der Waals surface area contributed by atoms with E-state index in [4.69, 9.17) is 0 Å². The van der Waals surface area contributed by atoms with Crippen molar-refractivity contribution < 1.29 is 9.90 Å². The average molecular weight is 411 g/mol. The number of aromatic nitrogens is 1. The number of nitrogens with zero attached hydrogens (tertiary/aromatic N) is 1. The van der Waals surface area contributed by atoms with E-state index in [1.165, 1.54) is 11.8 Å². The van der Waals surface area contributed by atoms with Gasteiger partial charge in [-0.05, 0) is 35.4 Å². The van der Waals surface area contributed by atoms with Crippen LogP contribution >= 0.6 is 23.5 Å². The Labute approximate surface area is 173 Å². The number of hydrogen-bond acceptors (Lipinski definition) is 5. The maximum absolute atomic E-state index is 12.2. The standard InChI is InChI=1S/C22H22N2O2S2/c25-20(18-8-2-1-3-9-18)15-27-16-21(26)24-19-10-6-7-17(13-19)14-28-22-11-4-5-12-23-22/h1-13,20,25H,14-16H2,(H,24,26)/t20-/m0/s1. The van der Waals surface area contributed by atoms with E-state index in [2.05, 4.69) is 10.3 Å². The van der Waals surface area contributed by atoms with Crippen molar-refractivity contribution in [3.05, 3.63) is 90.1 Å². The van der Waals surface area contributed by atoms with Gasteiger partial charge in [-0.15, -0.1) is 23.5 Å². The van der Waals surface area contributed by atoms with E-state index in [1.807, 2.05) is 72.8 Å². The van der Waals surface area contributed by atoms with Gasteiger partial charge in [0.15, 0.2) is 0 Å². The van der Waals surface area contributed by atoms with Crippen molar-refractivity contribution in [1.82, 2.24) is 4.98 Å². The molecule has 3 aromatic rings. The molecule has 0 aliphatic carbocycles. The van der Waals surface area contributed by atoms with Crippen LogP contribution in [0.3, 0.4) is 0 Å². The van der Waals surface area contributed by atoms with E-state index in [1.54, 1.807) is 18.0 Å². The Balaban J connectivity index is 1.43. The number of rotatable bonds is 9. The van der Waals surface area contributed by atoms with Crippen LogP contribution in [0.5, 0.6) is 0 Å². The zero-order chi connectivity index (χ0) is 19.6. The maximum Gasteiger partial charge on any atom is 0.234 e. The Morgan fingerprint density at radius 2 is 1.86 bits per heavy atom. The second-order valence-electron chi connectivity index (χ2n) is 6.15. The van der Waals surface area contributed by atoms with Gasteiger partial charge in [0.05, 0.1) is 16.9 Å². The third kappa shape index (κ3) is 6.71. The van der Waals surface area contributed by atoms with Gasteiger partial charge >= 0.3 is 0 Å². The number of carbonyl (C=O) groups is 1. The molecule has 2 aromatic carbocycles. The number of amides is 1. The number of thioether (sulfide) groups is 2. The molecule has 28 heavy (non-hydrogen) atoms. The van der Waals surface area contributed by atoms with Gasteiger partial charge in [0.25, 0.3) is 0 Å². The highest BCUT2D eigenvalue weighted by Crippen LogP contribution is 2.22. The first-order chi connectivity index (χ1) is 13.7. The number of pyridine rings is 1. The summed E-state index contributed by atoms with van der Waals surface area (Å²) in [5.74, 6) is 1.51. The minimum atomic E-state index is -0.564. The van der Waals surface area contributed by atoms with Crippen molar-refractivity contribution in [3.8, 4) is 0 Å². The minimum absolute atomic E-state index is 0.0696. The Morgan fingerprint density at radius 3 is 2.64 bits per heavy atom. The highest BCUT2D eigenvalue weighted by Gasteiger charge is 2.09. The summed E-state index contributed by atoms with van der Waals surface area (Å²) in [5.41, 5.74) is 2.78. The van der Waals surface area contributed by atoms with Gasteiger partial charge < -0.3 is 10.4 Å². The largest absolute Gasteiger partial charge is 0.388 e. The van der Waals surface area contributed by atoms with E-state index in [-0.39, 0.29) is 5.91 Å². The molecule has 1 heterocycles. The van der Waals surface area contributed by atoms with Gasteiger partial charge in [-0.1, -0.05) is 48.5 Å². The van der Waals surface area contributed by atoms with Crippen molar-refractivity contribution in [3.63, 3.8) is 0 Å². The molecule has 0 unspecified atom stereocenters. The number of carbonyl (C=O) groups excluding carboxylic acids is 1. The first-order valence-corrected chi connectivity index (χ1v) is 11.1. The van der Waals surface area contributed by atoms with Gasteiger partial charge in [-0.2, -0.15) is 0 Å². The summed E-state index contributed by atoms with van der Waals surface area (Å²) >= 11 is 3.08. The van der Waals surface area contributed by atoms with Crippen LogP contribution in [0, 0.1) is 0 Å². The molecular weight excluding hydrogens is 388 g/mol. The van der Waals surface area contributed by atoms with Gasteiger partial charge in [0.2, 0.25) is 5.91 Å². The van der Waals surface area contributed by atoms with Crippen LogP contribution in [0.25, 0.3) is 0 Å². The molecule has 0 spiro atoms. The van der Waals surface area contributed by atoms with Crippen LogP contribution < -0.4 is 5.32 Å². The molecule has 0 aliphatic heterocycles. The Hall–Kier alpha value is -2.28. The van der Waals surface area contributed by atoms with Gasteiger partial charge in [-0.25, -0.2) is 4.98 Å². The molecule has 1 amide bonds. The van der Waals surface area contributed by atoms with Gasteiger partial charge in [0, 0.05) is 23.4 Å². The first kappa shape index (κ1) is 20.5. The van der Waals surface area contributed by atoms with Crippen LogP contribution in [-0.4, -0.2) is 27.5 Å². The third-order valence-electron chi connectivity index (χ3n) is 3.93. The molecule has 0 bridgehead atoms. The smallest absolute Gasteiger partial charge is 0.234 e. The monoisotopic (exact) mass is 410 g/mol. The minimum Gasteiger partial charge on any atom is -0.388 e. The quantitative estimate of drug-likeness (QED) is 0.497. The summed E-state index contributed by atoms with van der Waals surface area (Å²) in [4.78, 5) is 16.5. The molecule has 4 nitrogen and oxygen atoms in total. The summed E-state index contributed by atoms with van der Waals surface area (Å²) in [6.45, 7) is 0. The molecule has 0 saturated carbocycles. The highest BCUT2D eigenvalue weighted by molar-refractivity contribution is 8.00. The summed E-state index contributed by atoms with van der Waals surface area (Å²) in [6.07, 6.45) is 1.22. The Bertz CT molecular complexity index is 876. The van der Waals surface area contributed by atoms with Crippen molar-refractivity contribution in [2.75, 3.05) is 16.8 Å². The summed E-state index contributed by atoms with van der Waals surface area (Å²) < 4.78 is 0. The zero-order valence-corrected chi connectivity index (χ0v) is 17.0. The van der Waals surface area contributed by atoms with E-state index >= 15 is 0 Å². The van der Waals surface area contributed by atoms with E-state index < -0.39 is 6.10 Å². The molecule has 0 aliphatic rings. The van der Waals surface area contributed by atoms with Gasteiger partial charge in [0.1, 0.15) is 0 Å². The molecule has 2 N–H and O–H groups in total. The molecule has 3 rings (SSSR count). The second kappa shape index (κ2) is 10.9. The average Bonchev–Trinajstić information content (AvgIpc) is 2.74. The molecule has 0 fully saturated rings. The van der Waals surface area contributed by atoms with Crippen LogP contribution in [0.1, 0.15) is 17.2 Å². The Kier molecular flexibility index (Phi) is 7.96. The predicted octanol–water partition coefficient (Wildman–Crippen LogP) is 4.78. The fourth-order valence-electron chi connectivity index (χ4n) is 2.56. The van der Waals surface area contributed by atoms with Crippen LogP contribution in [0.15, 0.2) is 84.0 Å². The van der Waals surface area contributed by atoms with E-state index in [0.29, 0.717) is 11.5 Å². The zero-order valence-electron chi connectivity index (χ0n) is 15.3. The molecule has 1 atom stereocenters. The SMILES string of the molecule is O=C(CSC[C@H](O)c1ccccc1)Nc1cccc(CSc2ccccn2)c1. The van der Waals surface area contributed by atoms with Crippen LogP contribution in [-0.2, 0) is 10.5 Å². The molecule has 0 radical (unpaired) electrons. The summed E-state index contributed by atoms with van der Waals surface area (Å²) in [6, 6.07) is 23.2. The first-order valence-electron chi connectivity index (χ1n) is 8.94. The molecule has 0 saturated heterocycles. The number of aliphatic hydroxyl groups excluding tert-OH is 1. The Morgan fingerprint density at radius 1 is 1.04 bits per heavy atom. The fraction of sp³-hybridized carbons (Fsp3) is 0.182. The van der Waals surface area contributed by atoms with Crippen molar-refractivity contribution in [2.24, 2.45) is 0 Å². The van der Waals surface area contributed by atoms with Crippen LogP contribution in [0.2, 0.25) is 0 Å². The lowest BCUT2D eigenvalue weighted by molar-refractivity contribution is -0.113. The van der Waals surface area contributed by atoms with E-state index in [9.17, 15) is 9.90 Å². The van der Waals surface area contributed by atoms with E-state index in [0.717, 1.165) is 27.6 Å².